The Morgan fingerprint density at radius 2 is 1.93 bits per heavy atom. The van der Waals surface area contributed by atoms with E-state index in [1.165, 1.54) is 16.7 Å². The Morgan fingerprint density at radius 3 is 2.64 bits per heavy atom. The normalized spacial score (nSPS) is 15.4. The first-order chi connectivity index (χ1) is 6.68. The van der Waals surface area contributed by atoms with E-state index < -0.39 is 0 Å². The van der Waals surface area contributed by atoms with Gasteiger partial charge in [-0.2, -0.15) is 0 Å². The SMILES string of the molecule is CC(C)C1=CC(=O)Cc2ccccc21. The third-order valence-electron chi connectivity index (χ3n) is 2.63. The number of rotatable bonds is 1. The molecule has 0 saturated heterocycles. The molecular formula is C13H14O. The molecule has 0 aliphatic heterocycles. The van der Waals surface area contributed by atoms with Crippen LogP contribution in [0.3, 0.4) is 0 Å². The summed E-state index contributed by atoms with van der Waals surface area (Å²) in [5, 5.41) is 0. The van der Waals surface area contributed by atoms with Crippen molar-refractivity contribution < 1.29 is 4.79 Å². The van der Waals surface area contributed by atoms with Crippen molar-refractivity contribution in [3.8, 4) is 0 Å². The fourth-order valence-electron chi connectivity index (χ4n) is 1.92. The van der Waals surface area contributed by atoms with Crippen LogP contribution >= 0.6 is 0 Å². The highest BCUT2D eigenvalue weighted by molar-refractivity contribution is 6.02. The number of carbonyl (C=O) groups is 1. The monoisotopic (exact) mass is 186 g/mol. The fraction of sp³-hybridized carbons (Fsp3) is 0.308. The van der Waals surface area contributed by atoms with Crippen LogP contribution in [0.1, 0.15) is 25.0 Å². The molecule has 1 heteroatoms. The van der Waals surface area contributed by atoms with Gasteiger partial charge in [0.2, 0.25) is 0 Å². The summed E-state index contributed by atoms with van der Waals surface area (Å²) in [6, 6.07) is 8.18. The summed E-state index contributed by atoms with van der Waals surface area (Å²) in [5.41, 5.74) is 3.60. The largest absolute Gasteiger partial charge is 0.294 e. The summed E-state index contributed by atoms with van der Waals surface area (Å²) in [4.78, 5) is 11.5. The molecule has 72 valence electrons. The first-order valence-electron chi connectivity index (χ1n) is 5.01. The molecule has 0 amide bonds. The molecule has 0 spiro atoms. The van der Waals surface area contributed by atoms with Gasteiger partial charge in [0.15, 0.2) is 5.78 Å². The van der Waals surface area contributed by atoms with E-state index in [1.54, 1.807) is 6.08 Å². The van der Waals surface area contributed by atoms with Gasteiger partial charge in [-0.25, -0.2) is 0 Å². The first kappa shape index (κ1) is 9.20. The Kier molecular flexibility index (Phi) is 2.24. The van der Waals surface area contributed by atoms with Gasteiger partial charge in [0.05, 0.1) is 0 Å². The molecule has 1 aliphatic rings. The zero-order valence-electron chi connectivity index (χ0n) is 8.58. The van der Waals surface area contributed by atoms with Crippen LogP contribution in [0.5, 0.6) is 0 Å². The number of carbonyl (C=O) groups excluding carboxylic acids is 1. The Balaban J connectivity index is 2.55. The van der Waals surface area contributed by atoms with Gasteiger partial charge in [0.25, 0.3) is 0 Å². The van der Waals surface area contributed by atoms with Crippen LogP contribution in [-0.2, 0) is 11.2 Å². The lowest BCUT2D eigenvalue weighted by atomic mass is 9.85. The zero-order chi connectivity index (χ0) is 10.1. The van der Waals surface area contributed by atoms with Crippen molar-refractivity contribution in [2.45, 2.75) is 20.3 Å². The van der Waals surface area contributed by atoms with E-state index in [0.717, 1.165) is 0 Å². The predicted octanol–water partition coefficient (Wildman–Crippen LogP) is 2.85. The summed E-state index contributed by atoms with van der Waals surface area (Å²) in [6.45, 7) is 4.25. The highest BCUT2D eigenvalue weighted by Gasteiger charge is 2.18. The quantitative estimate of drug-likeness (QED) is 0.659. The lowest BCUT2D eigenvalue weighted by Gasteiger charge is -2.19. The number of hydrogen-bond donors (Lipinski definition) is 0. The van der Waals surface area contributed by atoms with E-state index in [4.69, 9.17) is 0 Å². The molecule has 0 saturated carbocycles. The molecule has 1 aromatic carbocycles. The van der Waals surface area contributed by atoms with Crippen molar-refractivity contribution in [1.82, 2.24) is 0 Å². The maximum Gasteiger partial charge on any atom is 0.160 e. The summed E-state index contributed by atoms with van der Waals surface area (Å²) >= 11 is 0. The first-order valence-corrected chi connectivity index (χ1v) is 5.01. The zero-order valence-corrected chi connectivity index (χ0v) is 8.58. The second-order valence-electron chi connectivity index (χ2n) is 4.05. The Labute approximate surface area is 84.5 Å². The summed E-state index contributed by atoms with van der Waals surface area (Å²) in [7, 11) is 0. The summed E-state index contributed by atoms with van der Waals surface area (Å²) < 4.78 is 0. The van der Waals surface area contributed by atoms with Crippen LogP contribution in [0.2, 0.25) is 0 Å². The number of fused-ring (bicyclic) bond motifs is 1. The van der Waals surface area contributed by atoms with Crippen molar-refractivity contribution in [1.29, 1.82) is 0 Å². The molecular weight excluding hydrogens is 172 g/mol. The van der Waals surface area contributed by atoms with Crippen molar-refractivity contribution >= 4 is 11.4 Å². The van der Waals surface area contributed by atoms with Crippen molar-refractivity contribution in [3.63, 3.8) is 0 Å². The van der Waals surface area contributed by atoms with Gasteiger partial charge < -0.3 is 0 Å². The fourth-order valence-corrected chi connectivity index (χ4v) is 1.92. The van der Waals surface area contributed by atoms with Gasteiger partial charge in [0, 0.05) is 6.42 Å². The molecule has 14 heavy (non-hydrogen) atoms. The minimum Gasteiger partial charge on any atom is -0.294 e. The molecule has 1 aliphatic carbocycles. The molecule has 2 rings (SSSR count). The lowest BCUT2D eigenvalue weighted by Crippen LogP contribution is -2.11. The Bertz CT molecular complexity index is 399. The van der Waals surface area contributed by atoms with E-state index in [0.29, 0.717) is 12.3 Å². The van der Waals surface area contributed by atoms with Gasteiger partial charge in [-0.05, 0) is 28.7 Å². The van der Waals surface area contributed by atoms with E-state index >= 15 is 0 Å². The lowest BCUT2D eigenvalue weighted by molar-refractivity contribution is -0.114. The average molecular weight is 186 g/mol. The van der Waals surface area contributed by atoms with Gasteiger partial charge in [0.1, 0.15) is 0 Å². The smallest absolute Gasteiger partial charge is 0.160 e. The Hall–Kier alpha value is -1.37. The van der Waals surface area contributed by atoms with Crippen molar-refractivity contribution in [2.24, 2.45) is 5.92 Å². The molecule has 0 N–H and O–H groups in total. The average Bonchev–Trinajstić information content (AvgIpc) is 2.16. The number of ketones is 1. The van der Waals surface area contributed by atoms with Gasteiger partial charge in [-0.1, -0.05) is 38.1 Å². The Morgan fingerprint density at radius 1 is 1.21 bits per heavy atom. The molecule has 0 heterocycles. The second kappa shape index (κ2) is 3.41. The van der Waals surface area contributed by atoms with Gasteiger partial charge in [-0.3, -0.25) is 4.79 Å². The number of allylic oxidation sites excluding steroid dienone is 2. The third-order valence-corrected chi connectivity index (χ3v) is 2.63. The maximum atomic E-state index is 11.5. The van der Waals surface area contributed by atoms with Crippen LogP contribution in [0.15, 0.2) is 30.3 Å². The van der Waals surface area contributed by atoms with Crippen LogP contribution < -0.4 is 0 Å². The van der Waals surface area contributed by atoms with E-state index in [-0.39, 0.29) is 5.78 Å². The molecule has 0 bridgehead atoms. The van der Waals surface area contributed by atoms with Crippen molar-refractivity contribution in [3.05, 3.63) is 41.5 Å². The van der Waals surface area contributed by atoms with E-state index in [1.807, 2.05) is 18.2 Å². The van der Waals surface area contributed by atoms with Crippen LogP contribution in [0.25, 0.3) is 5.57 Å². The molecule has 0 radical (unpaired) electrons. The minimum absolute atomic E-state index is 0.229. The topological polar surface area (TPSA) is 17.1 Å². The van der Waals surface area contributed by atoms with Crippen molar-refractivity contribution in [2.75, 3.05) is 0 Å². The van der Waals surface area contributed by atoms with Crippen LogP contribution in [0, 0.1) is 5.92 Å². The molecule has 1 aromatic rings. The number of benzene rings is 1. The predicted molar refractivity (Wildman–Crippen MR) is 58.0 cm³/mol. The molecule has 1 nitrogen and oxygen atoms in total. The van der Waals surface area contributed by atoms with Gasteiger partial charge in [-0.15, -0.1) is 0 Å². The highest BCUT2D eigenvalue weighted by Crippen LogP contribution is 2.29. The van der Waals surface area contributed by atoms with Crippen LogP contribution in [0.4, 0.5) is 0 Å². The highest BCUT2D eigenvalue weighted by atomic mass is 16.1. The molecule has 0 unspecified atom stereocenters. The maximum absolute atomic E-state index is 11.5. The summed E-state index contributed by atoms with van der Waals surface area (Å²) in [5.74, 6) is 0.646. The molecule has 0 fully saturated rings. The number of hydrogen-bond acceptors (Lipinski definition) is 1. The van der Waals surface area contributed by atoms with E-state index in [2.05, 4.69) is 19.9 Å². The molecule has 0 atom stereocenters. The molecule has 0 aromatic heterocycles. The second-order valence-corrected chi connectivity index (χ2v) is 4.05. The summed E-state index contributed by atoms with van der Waals surface area (Å²) in [6.07, 6.45) is 2.36. The van der Waals surface area contributed by atoms with Crippen LogP contribution in [-0.4, -0.2) is 5.78 Å². The minimum atomic E-state index is 0.229. The third kappa shape index (κ3) is 1.50. The van der Waals surface area contributed by atoms with E-state index in [9.17, 15) is 4.79 Å². The van der Waals surface area contributed by atoms with Gasteiger partial charge >= 0.3 is 0 Å². The standard InChI is InChI=1S/C13H14O/c1-9(2)13-8-11(14)7-10-5-3-4-6-12(10)13/h3-6,8-9H,7H2,1-2H3.